The maximum Gasteiger partial charge on any atom is 0.260 e. The zero-order valence-corrected chi connectivity index (χ0v) is 17.4. The quantitative estimate of drug-likeness (QED) is 0.485. The van der Waals surface area contributed by atoms with E-state index in [0.717, 1.165) is 35.5 Å². The zero-order chi connectivity index (χ0) is 22.5. The van der Waals surface area contributed by atoms with Crippen molar-refractivity contribution < 1.29 is 8.68 Å². The van der Waals surface area contributed by atoms with E-state index in [1.54, 1.807) is 0 Å². The van der Waals surface area contributed by atoms with E-state index in [1.807, 2.05) is 28.8 Å². The molecule has 29 heavy (non-hydrogen) atoms. The van der Waals surface area contributed by atoms with Gasteiger partial charge in [-0.15, -0.1) is 0 Å². The van der Waals surface area contributed by atoms with E-state index >= 15 is 0 Å². The summed E-state index contributed by atoms with van der Waals surface area (Å²) >= 11 is 0. The highest BCUT2D eigenvalue weighted by molar-refractivity contribution is 5.55. The molecule has 1 atom stereocenters. The first-order chi connectivity index (χ1) is 15.4. The normalized spacial score (nSPS) is 23.4. The summed E-state index contributed by atoms with van der Waals surface area (Å²) in [6.45, 7) is 1.85. The van der Waals surface area contributed by atoms with Crippen LogP contribution in [-0.2, 0) is 5.54 Å². The number of fused-ring (bicyclic) bond motifs is 1. The molecule has 2 heteroatoms. The average Bonchev–Trinajstić information content (AvgIpc) is 3.32. The lowest BCUT2D eigenvalue weighted by molar-refractivity contribution is -0.752. The van der Waals surface area contributed by atoms with Crippen LogP contribution < -0.4 is 4.57 Å². The fraction of sp³-hybridized carbons (Fsp3) is 0.370. The van der Waals surface area contributed by atoms with E-state index in [1.165, 1.54) is 24.8 Å². The zero-order valence-electron chi connectivity index (χ0n) is 20.4. The second-order valence-corrected chi connectivity index (χ2v) is 8.61. The summed E-state index contributed by atoms with van der Waals surface area (Å²) in [5.41, 5.74) is 4.71. The number of nitrogens with zero attached hydrogens (tertiary/aromatic N) is 2. The van der Waals surface area contributed by atoms with Gasteiger partial charge in [0, 0.05) is 29.4 Å². The standard InChI is InChI=1S/C27H31N2/c1-20-12-10-11-17-25(20)28-21(2)26-18-19-27(29(26)22(28)3,23-13-6-4-7-14-23)24-15-8-5-9-16-24/h4,6-7,10-14,17-19,24H,5,8-9,15-16H2,1-3H3/q+1/i3D3. The molecule has 1 aromatic heterocycles. The van der Waals surface area contributed by atoms with Gasteiger partial charge >= 0.3 is 0 Å². The molecule has 5 rings (SSSR count). The molecule has 0 spiro atoms. The number of aryl methyl sites for hydroxylation is 1. The van der Waals surface area contributed by atoms with Crippen LogP contribution in [0.4, 0.5) is 0 Å². The molecule has 3 aromatic rings. The van der Waals surface area contributed by atoms with Crippen molar-refractivity contribution in [2.24, 2.45) is 5.92 Å². The molecule has 1 unspecified atom stereocenters. The van der Waals surface area contributed by atoms with E-state index < -0.39 is 12.4 Å². The first kappa shape index (κ1) is 15.3. The van der Waals surface area contributed by atoms with Crippen molar-refractivity contribution in [3.63, 3.8) is 0 Å². The second kappa shape index (κ2) is 7.02. The van der Waals surface area contributed by atoms with Crippen molar-refractivity contribution in [1.29, 1.82) is 0 Å². The fourth-order valence-corrected chi connectivity index (χ4v) is 5.64. The van der Waals surface area contributed by atoms with Gasteiger partial charge < -0.3 is 0 Å². The SMILES string of the molecule is [2H]C([2H])([2H])c1n(-c2ccccc2C)c(C)c2[n+]1C(c1ccccc1)(C1CCCCC1)C=C2. The van der Waals surface area contributed by atoms with E-state index in [4.69, 9.17) is 4.11 Å². The fourth-order valence-electron chi connectivity index (χ4n) is 5.64. The molecule has 148 valence electrons. The summed E-state index contributed by atoms with van der Waals surface area (Å²) in [5.74, 6) is 0.771. The lowest BCUT2D eigenvalue weighted by Gasteiger charge is -2.37. The van der Waals surface area contributed by atoms with Crippen molar-refractivity contribution in [2.75, 3.05) is 0 Å². The van der Waals surface area contributed by atoms with Gasteiger partial charge in [-0.2, -0.15) is 4.57 Å². The number of allylic oxidation sites excluding steroid dienone is 1. The maximum atomic E-state index is 8.63. The molecule has 2 nitrogen and oxygen atoms in total. The Balaban J connectivity index is 1.87. The van der Waals surface area contributed by atoms with Crippen LogP contribution in [0.1, 0.15) is 64.6 Å². The molecule has 2 aromatic carbocycles. The summed E-state index contributed by atoms with van der Waals surface area (Å²) in [6.07, 6.45) is 10.3. The Hall–Kier alpha value is -2.61. The average molecular weight is 387 g/mol. The Morgan fingerprint density at radius 3 is 2.41 bits per heavy atom. The minimum atomic E-state index is -2.26. The van der Waals surface area contributed by atoms with Crippen molar-refractivity contribution in [3.8, 4) is 5.69 Å². The van der Waals surface area contributed by atoms with Gasteiger partial charge in [0.15, 0.2) is 16.9 Å². The Labute approximate surface area is 178 Å². The first-order valence-corrected chi connectivity index (χ1v) is 10.8. The highest BCUT2D eigenvalue weighted by atomic mass is 15.2. The molecule has 1 aliphatic heterocycles. The Morgan fingerprint density at radius 2 is 1.69 bits per heavy atom. The molecular formula is C27H31N2+. The number of hydrogen-bond acceptors (Lipinski definition) is 0. The van der Waals surface area contributed by atoms with Crippen molar-refractivity contribution in [1.82, 2.24) is 4.57 Å². The van der Waals surface area contributed by atoms with Gasteiger partial charge in [-0.05, 0) is 43.5 Å². The smallest absolute Gasteiger partial charge is 0.214 e. The molecule has 2 aliphatic rings. The summed E-state index contributed by atoms with van der Waals surface area (Å²) in [5, 5.41) is 0. The lowest BCUT2D eigenvalue weighted by Crippen LogP contribution is -2.60. The molecule has 2 heterocycles. The predicted molar refractivity (Wildman–Crippen MR) is 119 cm³/mol. The largest absolute Gasteiger partial charge is 0.260 e. The number of para-hydroxylation sites is 1. The topological polar surface area (TPSA) is 8.81 Å². The molecular weight excluding hydrogens is 352 g/mol. The summed E-state index contributed by atoms with van der Waals surface area (Å²) in [7, 11) is 0. The third-order valence-electron chi connectivity index (χ3n) is 7.06. The lowest BCUT2D eigenvalue weighted by atomic mass is 9.71. The number of benzene rings is 2. The van der Waals surface area contributed by atoms with Crippen LogP contribution in [0.3, 0.4) is 0 Å². The summed E-state index contributed by atoms with van der Waals surface area (Å²) < 4.78 is 30.1. The first-order valence-electron chi connectivity index (χ1n) is 12.3. The molecule has 1 aliphatic carbocycles. The van der Waals surface area contributed by atoms with Gasteiger partial charge in [0.2, 0.25) is 0 Å². The molecule has 0 radical (unpaired) electrons. The Kier molecular flexibility index (Phi) is 3.69. The van der Waals surface area contributed by atoms with Gasteiger partial charge in [-0.1, -0.05) is 67.8 Å². The van der Waals surface area contributed by atoms with Crippen LogP contribution in [0.5, 0.6) is 0 Å². The highest BCUT2D eigenvalue weighted by Crippen LogP contribution is 2.44. The number of imidazole rings is 1. The van der Waals surface area contributed by atoms with Crippen LogP contribution in [0.2, 0.25) is 0 Å². The van der Waals surface area contributed by atoms with Crippen LogP contribution in [0, 0.1) is 26.6 Å². The predicted octanol–water partition coefficient (Wildman–Crippen LogP) is 6.04. The van der Waals surface area contributed by atoms with Gasteiger partial charge in [0.1, 0.15) is 5.69 Å². The second-order valence-electron chi connectivity index (χ2n) is 8.61. The van der Waals surface area contributed by atoms with Gasteiger partial charge in [-0.3, -0.25) is 0 Å². The van der Waals surface area contributed by atoms with E-state index in [-0.39, 0.29) is 0 Å². The molecule has 0 bridgehead atoms. The van der Waals surface area contributed by atoms with E-state index in [2.05, 4.69) is 60.9 Å². The number of rotatable bonds is 3. The molecule has 1 fully saturated rings. The molecule has 1 saturated carbocycles. The Bertz CT molecular complexity index is 1170. The van der Waals surface area contributed by atoms with Crippen molar-refractivity contribution in [3.05, 3.63) is 89.0 Å². The van der Waals surface area contributed by atoms with Gasteiger partial charge in [0.05, 0.1) is 0 Å². The molecule has 0 amide bonds. The molecule has 0 N–H and O–H groups in total. The number of aromatic nitrogens is 2. The van der Waals surface area contributed by atoms with Crippen LogP contribution in [0.15, 0.2) is 60.7 Å². The monoisotopic (exact) mass is 386 g/mol. The summed E-state index contributed by atoms with van der Waals surface area (Å²) in [6, 6.07) is 18.6. The van der Waals surface area contributed by atoms with Crippen LogP contribution >= 0.6 is 0 Å². The van der Waals surface area contributed by atoms with Crippen LogP contribution in [0.25, 0.3) is 11.8 Å². The van der Waals surface area contributed by atoms with E-state index in [9.17, 15) is 0 Å². The minimum Gasteiger partial charge on any atom is -0.214 e. The molecule has 0 saturated heterocycles. The van der Waals surface area contributed by atoms with Gasteiger partial charge in [-0.25, -0.2) is 4.57 Å². The summed E-state index contributed by atoms with van der Waals surface area (Å²) in [4.78, 5) is 0. The Morgan fingerprint density at radius 1 is 0.966 bits per heavy atom. The van der Waals surface area contributed by atoms with E-state index in [0.29, 0.717) is 11.7 Å². The number of hydrogen-bond donors (Lipinski definition) is 0. The third-order valence-corrected chi connectivity index (χ3v) is 7.06. The minimum absolute atomic E-state index is 0.370. The van der Waals surface area contributed by atoms with Crippen molar-refractivity contribution >= 4 is 6.08 Å². The third kappa shape index (κ3) is 2.65. The maximum absolute atomic E-state index is 8.63. The highest BCUT2D eigenvalue weighted by Gasteiger charge is 2.51. The van der Waals surface area contributed by atoms with Crippen LogP contribution in [-0.4, -0.2) is 4.57 Å². The van der Waals surface area contributed by atoms with Crippen molar-refractivity contribution in [2.45, 2.75) is 58.3 Å². The van der Waals surface area contributed by atoms with Gasteiger partial charge in [0.25, 0.3) is 5.82 Å².